The molecule has 0 heterocycles. The molecule has 1 N–H and O–H groups in total. The van der Waals surface area contributed by atoms with E-state index in [4.69, 9.17) is 0 Å². The summed E-state index contributed by atoms with van der Waals surface area (Å²) in [6.07, 6.45) is 1.47. The summed E-state index contributed by atoms with van der Waals surface area (Å²) in [5.41, 5.74) is 0.558. The minimum absolute atomic E-state index is 0.0627. The number of fused-ring (bicyclic) bond motifs is 2. The zero-order chi connectivity index (χ0) is 12.7. The fourth-order valence-corrected chi connectivity index (χ4v) is 5.70. The maximum absolute atomic E-state index is 12.8. The maximum atomic E-state index is 12.8. The molecular formula is C16H16FNO. The topological polar surface area (TPSA) is 29.1 Å². The molecule has 0 aliphatic heterocycles. The third-order valence-corrected chi connectivity index (χ3v) is 6.45. The van der Waals surface area contributed by atoms with Crippen molar-refractivity contribution < 1.29 is 9.18 Å². The number of carbonyl (C=O) groups is 1. The Bertz CT molecular complexity index is 540. The highest BCUT2D eigenvalue weighted by molar-refractivity contribution is 5.94. The Balaban J connectivity index is 1.23. The number of carbonyl (C=O) groups excluding carboxylic acids is 1. The second kappa shape index (κ2) is 3.20. The van der Waals surface area contributed by atoms with Crippen LogP contribution in [0.15, 0.2) is 24.3 Å². The molecule has 4 unspecified atom stereocenters. The van der Waals surface area contributed by atoms with Crippen LogP contribution in [0.1, 0.15) is 16.8 Å². The van der Waals surface area contributed by atoms with E-state index in [2.05, 4.69) is 5.32 Å². The quantitative estimate of drug-likeness (QED) is 0.884. The summed E-state index contributed by atoms with van der Waals surface area (Å²) >= 11 is 0. The van der Waals surface area contributed by atoms with Gasteiger partial charge in [-0.25, -0.2) is 4.39 Å². The molecule has 4 saturated carbocycles. The maximum Gasteiger partial charge on any atom is 0.251 e. The lowest BCUT2D eigenvalue weighted by Gasteiger charge is -2.88. The molecule has 1 aromatic carbocycles. The molecule has 0 radical (unpaired) electrons. The molecule has 19 heavy (non-hydrogen) atoms. The van der Waals surface area contributed by atoms with Gasteiger partial charge in [-0.1, -0.05) is 0 Å². The minimum Gasteiger partial charge on any atom is -0.352 e. The van der Waals surface area contributed by atoms with Crippen molar-refractivity contribution >= 4 is 5.91 Å². The molecule has 4 aliphatic rings. The Morgan fingerprint density at radius 2 is 1.79 bits per heavy atom. The van der Waals surface area contributed by atoms with Gasteiger partial charge in [0.05, 0.1) is 0 Å². The van der Waals surface area contributed by atoms with Gasteiger partial charge in [0.2, 0.25) is 0 Å². The Morgan fingerprint density at radius 3 is 2.37 bits per heavy atom. The minimum atomic E-state index is -0.298. The van der Waals surface area contributed by atoms with Crippen LogP contribution in [0.5, 0.6) is 0 Å². The van der Waals surface area contributed by atoms with E-state index in [1.165, 1.54) is 18.6 Å². The summed E-state index contributed by atoms with van der Waals surface area (Å²) in [5, 5.41) is 3.04. The van der Waals surface area contributed by atoms with Gasteiger partial charge in [-0.15, -0.1) is 0 Å². The van der Waals surface area contributed by atoms with E-state index in [-0.39, 0.29) is 11.7 Å². The zero-order valence-corrected chi connectivity index (χ0v) is 10.6. The number of hydrogen-bond acceptors (Lipinski definition) is 1. The standard InChI is InChI=1S/C16H16FNO/c17-8-3-1-7(2-4-8)16(19)18-6-11-13-9-5-10-12(9)15(13)14(10)11/h1-4,9-15H,5-6H2,(H,18,19). The number of halogens is 1. The fourth-order valence-electron chi connectivity index (χ4n) is 5.70. The van der Waals surface area contributed by atoms with Crippen molar-refractivity contribution in [2.24, 2.45) is 41.4 Å². The predicted octanol–water partition coefficient (Wildman–Crippen LogP) is 2.31. The number of amides is 1. The van der Waals surface area contributed by atoms with E-state index in [1.807, 2.05) is 0 Å². The number of rotatable bonds is 3. The first-order valence-corrected chi connectivity index (χ1v) is 7.29. The molecule has 0 aromatic heterocycles. The molecule has 4 atom stereocenters. The molecule has 0 saturated heterocycles. The lowest BCUT2D eigenvalue weighted by atomic mass is 9.17. The van der Waals surface area contributed by atoms with Crippen LogP contribution >= 0.6 is 0 Å². The summed E-state index contributed by atoms with van der Waals surface area (Å²) < 4.78 is 12.8. The smallest absolute Gasteiger partial charge is 0.251 e. The van der Waals surface area contributed by atoms with Crippen LogP contribution in [0, 0.1) is 47.2 Å². The molecule has 3 heteroatoms. The molecule has 4 fully saturated rings. The van der Waals surface area contributed by atoms with Gasteiger partial charge >= 0.3 is 0 Å². The van der Waals surface area contributed by atoms with E-state index in [1.54, 1.807) is 12.1 Å². The molecular weight excluding hydrogens is 241 g/mol. The van der Waals surface area contributed by atoms with Gasteiger partial charge in [0, 0.05) is 12.1 Å². The van der Waals surface area contributed by atoms with Crippen molar-refractivity contribution in [3.05, 3.63) is 35.6 Å². The lowest BCUT2D eigenvalue weighted by molar-refractivity contribution is -0.403. The average molecular weight is 257 g/mol. The Hall–Kier alpha value is -1.38. The van der Waals surface area contributed by atoms with E-state index in [0.717, 1.165) is 48.0 Å². The van der Waals surface area contributed by atoms with Gasteiger partial charge in [0.25, 0.3) is 5.91 Å². The van der Waals surface area contributed by atoms with Gasteiger partial charge < -0.3 is 5.32 Å². The third kappa shape index (κ3) is 1.07. The summed E-state index contributed by atoms with van der Waals surface area (Å²) in [5.74, 6) is 6.38. The van der Waals surface area contributed by atoms with Crippen LogP contribution in [0.3, 0.4) is 0 Å². The van der Waals surface area contributed by atoms with Crippen molar-refractivity contribution in [3.63, 3.8) is 0 Å². The van der Waals surface area contributed by atoms with Crippen molar-refractivity contribution in [1.82, 2.24) is 5.32 Å². The molecule has 2 nitrogen and oxygen atoms in total. The van der Waals surface area contributed by atoms with Crippen LogP contribution in [0.4, 0.5) is 4.39 Å². The van der Waals surface area contributed by atoms with Crippen LogP contribution in [0.2, 0.25) is 0 Å². The predicted molar refractivity (Wildman–Crippen MR) is 67.8 cm³/mol. The van der Waals surface area contributed by atoms with Crippen LogP contribution in [-0.4, -0.2) is 12.5 Å². The first kappa shape index (κ1) is 10.4. The normalized spacial score (nSPS) is 46.9. The van der Waals surface area contributed by atoms with E-state index < -0.39 is 0 Å². The monoisotopic (exact) mass is 257 g/mol. The average Bonchev–Trinajstić information content (AvgIpc) is 2.43. The van der Waals surface area contributed by atoms with E-state index >= 15 is 0 Å². The summed E-state index contributed by atoms with van der Waals surface area (Å²) in [7, 11) is 0. The lowest BCUT2D eigenvalue weighted by Crippen LogP contribution is -2.84. The highest BCUT2D eigenvalue weighted by atomic mass is 19.1. The first-order valence-electron chi connectivity index (χ1n) is 7.29. The SMILES string of the molecule is O=C(NCC1C2C3CC4C1C2C34)c1ccc(F)cc1. The van der Waals surface area contributed by atoms with Gasteiger partial charge in [-0.05, 0) is 72.1 Å². The van der Waals surface area contributed by atoms with Crippen LogP contribution in [-0.2, 0) is 0 Å². The van der Waals surface area contributed by atoms with Gasteiger partial charge in [-0.2, -0.15) is 0 Å². The van der Waals surface area contributed by atoms with Crippen LogP contribution < -0.4 is 5.32 Å². The first-order chi connectivity index (χ1) is 9.25. The fraction of sp³-hybridized carbons (Fsp3) is 0.562. The van der Waals surface area contributed by atoms with Crippen molar-refractivity contribution in [2.75, 3.05) is 6.54 Å². The highest BCUT2D eigenvalue weighted by Gasteiger charge is 2.82. The van der Waals surface area contributed by atoms with Crippen molar-refractivity contribution in [1.29, 1.82) is 0 Å². The summed E-state index contributed by atoms with van der Waals surface area (Å²) in [6.45, 7) is 0.821. The highest BCUT2D eigenvalue weighted by Crippen LogP contribution is 2.86. The third-order valence-electron chi connectivity index (χ3n) is 6.45. The number of benzene rings is 1. The Kier molecular flexibility index (Phi) is 1.75. The Labute approximate surface area is 111 Å². The van der Waals surface area contributed by atoms with Crippen molar-refractivity contribution in [2.45, 2.75) is 6.42 Å². The molecule has 1 aromatic rings. The molecule has 0 spiro atoms. The molecule has 5 rings (SSSR count). The second-order valence-electron chi connectivity index (χ2n) is 6.75. The van der Waals surface area contributed by atoms with E-state index in [9.17, 15) is 9.18 Å². The number of hydrogen-bond donors (Lipinski definition) is 1. The summed E-state index contributed by atoms with van der Waals surface area (Å²) in [4.78, 5) is 12.0. The van der Waals surface area contributed by atoms with Gasteiger partial charge in [0.15, 0.2) is 0 Å². The van der Waals surface area contributed by atoms with E-state index in [0.29, 0.717) is 5.56 Å². The molecule has 98 valence electrons. The van der Waals surface area contributed by atoms with Gasteiger partial charge in [-0.3, -0.25) is 4.79 Å². The molecule has 4 aliphatic carbocycles. The molecule has 1 amide bonds. The number of nitrogens with one attached hydrogen (secondary N) is 1. The second-order valence-corrected chi connectivity index (χ2v) is 6.75. The Morgan fingerprint density at radius 1 is 1.11 bits per heavy atom. The zero-order valence-electron chi connectivity index (χ0n) is 10.6. The largest absolute Gasteiger partial charge is 0.352 e. The van der Waals surface area contributed by atoms with Gasteiger partial charge in [0.1, 0.15) is 5.82 Å². The summed E-state index contributed by atoms with van der Waals surface area (Å²) in [6, 6.07) is 5.78. The van der Waals surface area contributed by atoms with Crippen molar-refractivity contribution in [3.8, 4) is 0 Å². The van der Waals surface area contributed by atoms with Crippen LogP contribution in [0.25, 0.3) is 0 Å². The molecule has 0 bridgehead atoms.